The van der Waals surface area contributed by atoms with Gasteiger partial charge in [0.1, 0.15) is 5.82 Å². The molecule has 1 unspecified atom stereocenters. The van der Waals surface area contributed by atoms with Crippen molar-refractivity contribution in [2.24, 2.45) is 5.73 Å². The summed E-state index contributed by atoms with van der Waals surface area (Å²) >= 11 is 5.70. The standard InChI is InChI=1S/C10H12ClFN2/c11-9-5-8(1-2-10(9)12)14-4-3-7(13)6-14/h1-2,5,7H,3-4,6,13H2. The van der Waals surface area contributed by atoms with E-state index in [2.05, 4.69) is 4.90 Å². The number of hydrogen-bond donors (Lipinski definition) is 1. The van der Waals surface area contributed by atoms with Crippen LogP contribution in [0.25, 0.3) is 0 Å². The number of halogens is 2. The molecule has 0 saturated carbocycles. The molecule has 0 spiro atoms. The lowest BCUT2D eigenvalue weighted by molar-refractivity contribution is 0.628. The van der Waals surface area contributed by atoms with Gasteiger partial charge in [-0.3, -0.25) is 0 Å². The Balaban J connectivity index is 2.20. The minimum absolute atomic E-state index is 0.169. The third kappa shape index (κ3) is 1.83. The van der Waals surface area contributed by atoms with Crippen LogP contribution in [0.2, 0.25) is 5.02 Å². The molecule has 1 heterocycles. The first-order chi connectivity index (χ1) is 6.66. The molecule has 2 N–H and O–H groups in total. The summed E-state index contributed by atoms with van der Waals surface area (Å²) in [6, 6.07) is 4.99. The Morgan fingerprint density at radius 3 is 2.86 bits per heavy atom. The lowest BCUT2D eigenvalue weighted by atomic mass is 10.3. The van der Waals surface area contributed by atoms with Crippen molar-refractivity contribution in [2.75, 3.05) is 18.0 Å². The van der Waals surface area contributed by atoms with Crippen LogP contribution in [0.15, 0.2) is 18.2 Å². The van der Waals surface area contributed by atoms with Crippen LogP contribution in [-0.4, -0.2) is 19.1 Å². The van der Waals surface area contributed by atoms with Crippen molar-refractivity contribution in [3.63, 3.8) is 0 Å². The number of anilines is 1. The molecule has 0 bridgehead atoms. The number of hydrogen-bond acceptors (Lipinski definition) is 2. The SMILES string of the molecule is NC1CCN(c2ccc(F)c(Cl)c2)C1. The molecule has 1 fully saturated rings. The molecule has 2 nitrogen and oxygen atoms in total. The van der Waals surface area contributed by atoms with Crippen LogP contribution in [0, 0.1) is 5.82 Å². The van der Waals surface area contributed by atoms with Crippen molar-refractivity contribution >= 4 is 17.3 Å². The largest absolute Gasteiger partial charge is 0.370 e. The van der Waals surface area contributed by atoms with Crippen molar-refractivity contribution in [3.8, 4) is 0 Å². The van der Waals surface area contributed by atoms with Gasteiger partial charge in [-0.1, -0.05) is 11.6 Å². The summed E-state index contributed by atoms with van der Waals surface area (Å²) in [7, 11) is 0. The van der Waals surface area contributed by atoms with Gasteiger partial charge in [0, 0.05) is 24.8 Å². The zero-order chi connectivity index (χ0) is 10.1. The van der Waals surface area contributed by atoms with E-state index >= 15 is 0 Å². The molecule has 14 heavy (non-hydrogen) atoms. The van der Waals surface area contributed by atoms with Crippen LogP contribution < -0.4 is 10.6 Å². The van der Waals surface area contributed by atoms with Gasteiger partial charge in [0.05, 0.1) is 5.02 Å². The summed E-state index contributed by atoms with van der Waals surface area (Å²) in [4.78, 5) is 2.12. The molecule has 1 aliphatic heterocycles. The Morgan fingerprint density at radius 1 is 1.50 bits per heavy atom. The summed E-state index contributed by atoms with van der Waals surface area (Å²) in [5.41, 5.74) is 6.73. The van der Waals surface area contributed by atoms with Gasteiger partial charge in [0.25, 0.3) is 0 Å². The van der Waals surface area contributed by atoms with E-state index in [4.69, 9.17) is 17.3 Å². The molecule has 76 valence electrons. The second-order valence-corrected chi connectivity index (χ2v) is 4.00. The maximum Gasteiger partial charge on any atom is 0.141 e. The van der Waals surface area contributed by atoms with E-state index in [9.17, 15) is 4.39 Å². The van der Waals surface area contributed by atoms with Gasteiger partial charge in [0.15, 0.2) is 0 Å². The highest BCUT2D eigenvalue weighted by atomic mass is 35.5. The van der Waals surface area contributed by atoms with Crippen LogP contribution in [0.1, 0.15) is 6.42 Å². The highest BCUT2D eigenvalue weighted by molar-refractivity contribution is 6.31. The van der Waals surface area contributed by atoms with E-state index in [0.29, 0.717) is 0 Å². The first-order valence-corrected chi connectivity index (χ1v) is 5.00. The number of nitrogens with zero attached hydrogens (tertiary/aromatic N) is 1. The first kappa shape index (κ1) is 9.74. The molecular weight excluding hydrogens is 203 g/mol. The maximum atomic E-state index is 12.9. The molecule has 1 aromatic rings. The summed E-state index contributed by atoms with van der Waals surface area (Å²) in [6.07, 6.45) is 0.981. The molecule has 0 aromatic heterocycles. The third-order valence-electron chi connectivity index (χ3n) is 2.49. The predicted octanol–water partition coefficient (Wildman–Crippen LogP) is 2.02. The van der Waals surface area contributed by atoms with Crippen LogP contribution in [0.4, 0.5) is 10.1 Å². The van der Waals surface area contributed by atoms with E-state index in [0.717, 1.165) is 25.2 Å². The fraction of sp³-hybridized carbons (Fsp3) is 0.400. The second kappa shape index (κ2) is 3.75. The van der Waals surface area contributed by atoms with E-state index in [1.54, 1.807) is 12.1 Å². The molecule has 0 amide bonds. The lowest BCUT2D eigenvalue weighted by Crippen LogP contribution is -2.26. The highest BCUT2D eigenvalue weighted by Gasteiger charge is 2.19. The zero-order valence-corrected chi connectivity index (χ0v) is 8.47. The van der Waals surface area contributed by atoms with Crippen LogP contribution in [0.3, 0.4) is 0 Å². The fourth-order valence-electron chi connectivity index (χ4n) is 1.70. The third-order valence-corrected chi connectivity index (χ3v) is 2.78. The minimum atomic E-state index is -0.376. The van der Waals surface area contributed by atoms with Crippen LogP contribution >= 0.6 is 11.6 Å². The molecule has 1 aromatic carbocycles. The lowest BCUT2D eigenvalue weighted by Gasteiger charge is -2.18. The van der Waals surface area contributed by atoms with E-state index in [-0.39, 0.29) is 16.9 Å². The fourth-order valence-corrected chi connectivity index (χ4v) is 1.88. The topological polar surface area (TPSA) is 29.3 Å². The van der Waals surface area contributed by atoms with Crippen molar-refractivity contribution in [1.29, 1.82) is 0 Å². The Kier molecular flexibility index (Phi) is 2.61. The normalized spacial score (nSPS) is 21.6. The highest BCUT2D eigenvalue weighted by Crippen LogP contribution is 2.24. The molecule has 4 heteroatoms. The second-order valence-electron chi connectivity index (χ2n) is 3.59. The summed E-state index contributed by atoms with van der Waals surface area (Å²) in [5, 5.41) is 0.169. The monoisotopic (exact) mass is 214 g/mol. The molecule has 1 saturated heterocycles. The molecule has 1 aliphatic rings. The van der Waals surface area contributed by atoms with Gasteiger partial charge >= 0.3 is 0 Å². The van der Waals surface area contributed by atoms with E-state index in [1.807, 2.05) is 0 Å². The zero-order valence-electron chi connectivity index (χ0n) is 7.71. The number of benzene rings is 1. The smallest absolute Gasteiger partial charge is 0.141 e. The molecule has 1 atom stereocenters. The Morgan fingerprint density at radius 2 is 2.29 bits per heavy atom. The first-order valence-electron chi connectivity index (χ1n) is 4.62. The van der Waals surface area contributed by atoms with Gasteiger partial charge in [-0.05, 0) is 24.6 Å². The average molecular weight is 215 g/mol. The number of nitrogens with two attached hydrogens (primary N) is 1. The van der Waals surface area contributed by atoms with Crippen LogP contribution in [-0.2, 0) is 0 Å². The van der Waals surface area contributed by atoms with Crippen molar-refractivity contribution in [3.05, 3.63) is 29.0 Å². The van der Waals surface area contributed by atoms with Crippen LogP contribution in [0.5, 0.6) is 0 Å². The Bertz CT molecular complexity index is 343. The molecule has 0 aliphatic carbocycles. The van der Waals surface area contributed by atoms with Gasteiger partial charge in [0.2, 0.25) is 0 Å². The van der Waals surface area contributed by atoms with Gasteiger partial charge in [-0.25, -0.2) is 4.39 Å². The summed E-state index contributed by atoms with van der Waals surface area (Å²) in [5.74, 6) is -0.376. The molecule has 2 rings (SSSR count). The van der Waals surface area contributed by atoms with Gasteiger partial charge in [-0.15, -0.1) is 0 Å². The Hall–Kier alpha value is -0.800. The number of rotatable bonds is 1. The van der Waals surface area contributed by atoms with Gasteiger partial charge < -0.3 is 10.6 Å². The molecular formula is C10H12ClFN2. The van der Waals surface area contributed by atoms with E-state index < -0.39 is 0 Å². The average Bonchev–Trinajstić information content (AvgIpc) is 2.57. The summed E-state index contributed by atoms with van der Waals surface area (Å²) < 4.78 is 12.9. The molecule has 0 radical (unpaired) electrons. The van der Waals surface area contributed by atoms with E-state index in [1.165, 1.54) is 6.07 Å². The van der Waals surface area contributed by atoms with Crippen molar-refractivity contribution in [2.45, 2.75) is 12.5 Å². The predicted molar refractivity (Wildman–Crippen MR) is 56.2 cm³/mol. The summed E-state index contributed by atoms with van der Waals surface area (Å²) in [6.45, 7) is 1.74. The quantitative estimate of drug-likeness (QED) is 0.775. The maximum absolute atomic E-state index is 12.9. The minimum Gasteiger partial charge on any atom is -0.370 e. The Labute approximate surface area is 87.5 Å². The van der Waals surface area contributed by atoms with Gasteiger partial charge in [-0.2, -0.15) is 0 Å². The van der Waals surface area contributed by atoms with Crippen molar-refractivity contribution < 1.29 is 4.39 Å². The van der Waals surface area contributed by atoms with Crippen molar-refractivity contribution in [1.82, 2.24) is 0 Å².